The number of benzene rings is 2. The van der Waals surface area contributed by atoms with Gasteiger partial charge in [-0.25, -0.2) is 0 Å². The van der Waals surface area contributed by atoms with Gasteiger partial charge in [-0.15, -0.1) is 0 Å². The number of nitro groups is 3. The van der Waals surface area contributed by atoms with Gasteiger partial charge < -0.3 is 5.32 Å². The Morgan fingerprint density at radius 1 is 0.826 bits per heavy atom. The van der Waals surface area contributed by atoms with Gasteiger partial charge in [0.25, 0.3) is 11.4 Å². The average Bonchev–Trinajstić information content (AvgIpc) is 2.48. The van der Waals surface area contributed by atoms with Crippen molar-refractivity contribution in [2.45, 2.75) is 0 Å². The highest BCUT2D eigenvalue weighted by Gasteiger charge is 2.21. The highest BCUT2D eigenvalue weighted by Crippen LogP contribution is 2.32. The molecule has 10 nitrogen and oxygen atoms in total. The number of nitrogens with one attached hydrogen (secondary N) is 1. The van der Waals surface area contributed by atoms with Crippen LogP contribution in [-0.4, -0.2) is 14.8 Å². The predicted octanol–water partition coefficient (Wildman–Crippen LogP) is 3.29. The van der Waals surface area contributed by atoms with E-state index in [0.29, 0.717) is 0 Å². The lowest BCUT2D eigenvalue weighted by molar-refractivity contribution is -0.393. The Morgan fingerprint density at radius 2 is 1.48 bits per heavy atom. The number of nitro benzene ring substituents is 3. The first kappa shape index (κ1) is 15.8. The summed E-state index contributed by atoms with van der Waals surface area (Å²) in [6.45, 7) is 0. The first-order valence-electron chi connectivity index (χ1n) is 5.93. The van der Waals surface area contributed by atoms with Gasteiger partial charge in [-0.2, -0.15) is 4.39 Å². The Balaban J connectivity index is 2.44. The molecule has 0 amide bonds. The Hall–Kier alpha value is -3.63. The van der Waals surface area contributed by atoms with Gasteiger partial charge in [0.15, 0.2) is 0 Å². The van der Waals surface area contributed by atoms with Crippen molar-refractivity contribution in [2.24, 2.45) is 0 Å². The van der Waals surface area contributed by atoms with Crippen molar-refractivity contribution in [3.63, 3.8) is 0 Å². The number of non-ortho nitro benzene ring substituents is 1. The molecule has 118 valence electrons. The molecule has 0 heterocycles. The molecule has 2 aromatic rings. The maximum Gasteiger partial charge on any atom is 0.306 e. The van der Waals surface area contributed by atoms with Crippen molar-refractivity contribution in [1.82, 2.24) is 0 Å². The molecule has 0 saturated carbocycles. The van der Waals surface area contributed by atoms with Gasteiger partial charge in [0.2, 0.25) is 5.82 Å². The van der Waals surface area contributed by atoms with Crippen LogP contribution >= 0.6 is 0 Å². The topological polar surface area (TPSA) is 141 Å². The predicted molar refractivity (Wildman–Crippen MR) is 76.1 cm³/mol. The maximum absolute atomic E-state index is 13.3. The van der Waals surface area contributed by atoms with Crippen LogP contribution in [0, 0.1) is 36.2 Å². The molecule has 2 rings (SSSR count). The standard InChI is InChI=1S/C12H7FN4O6/c13-9-3-1-7(5-11(9)16(20)21)14-10-4-2-8(15(18)19)6-12(10)17(22)23/h1-6,14H. The van der Waals surface area contributed by atoms with Crippen LogP contribution in [0.15, 0.2) is 36.4 Å². The monoisotopic (exact) mass is 322 g/mol. The molecule has 0 aliphatic rings. The third-order valence-corrected chi connectivity index (χ3v) is 2.81. The fourth-order valence-corrected chi connectivity index (χ4v) is 1.78. The summed E-state index contributed by atoms with van der Waals surface area (Å²) in [7, 11) is 0. The fourth-order valence-electron chi connectivity index (χ4n) is 1.78. The molecule has 0 unspecified atom stereocenters. The number of anilines is 2. The van der Waals surface area contributed by atoms with Gasteiger partial charge in [-0.3, -0.25) is 30.3 Å². The van der Waals surface area contributed by atoms with Gasteiger partial charge in [0.05, 0.1) is 20.8 Å². The fraction of sp³-hybridized carbons (Fsp3) is 0. The van der Waals surface area contributed by atoms with E-state index in [1.54, 1.807) is 0 Å². The van der Waals surface area contributed by atoms with Crippen molar-refractivity contribution in [2.75, 3.05) is 5.32 Å². The van der Waals surface area contributed by atoms with Crippen molar-refractivity contribution < 1.29 is 19.2 Å². The van der Waals surface area contributed by atoms with Crippen LogP contribution in [0.25, 0.3) is 0 Å². The molecule has 0 aliphatic carbocycles. The van der Waals surface area contributed by atoms with Crippen LogP contribution in [0.3, 0.4) is 0 Å². The van der Waals surface area contributed by atoms with Crippen LogP contribution in [0.4, 0.5) is 32.8 Å². The summed E-state index contributed by atoms with van der Waals surface area (Å²) in [5.41, 5.74) is -1.98. The molecule has 0 atom stereocenters. The summed E-state index contributed by atoms with van der Waals surface area (Å²) < 4.78 is 13.3. The molecule has 1 N–H and O–H groups in total. The summed E-state index contributed by atoms with van der Waals surface area (Å²) >= 11 is 0. The van der Waals surface area contributed by atoms with E-state index in [4.69, 9.17) is 0 Å². The number of rotatable bonds is 5. The van der Waals surface area contributed by atoms with Crippen LogP contribution in [0.5, 0.6) is 0 Å². The van der Waals surface area contributed by atoms with Crippen LogP contribution < -0.4 is 5.32 Å². The van der Waals surface area contributed by atoms with Gasteiger partial charge >= 0.3 is 5.69 Å². The lowest BCUT2D eigenvalue weighted by Crippen LogP contribution is -2.00. The van der Waals surface area contributed by atoms with E-state index < -0.39 is 37.6 Å². The Labute approximate surface area is 126 Å². The third kappa shape index (κ3) is 3.34. The second-order valence-electron chi connectivity index (χ2n) is 4.26. The first-order valence-corrected chi connectivity index (χ1v) is 5.93. The van der Waals surface area contributed by atoms with E-state index in [1.165, 1.54) is 0 Å². The smallest absolute Gasteiger partial charge is 0.306 e. The summed E-state index contributed by atoms with van der Waals surface area (Å²) in [4.78, 5) is 29.7. The van der Waals surface area contributed by atoms with E-state index >= 15 is 0 Å². The van der Waals surface area contributed by atoms with Crippen molar-refractivity contribution in [3.8, 4) is 0 Å². The second-order valence-corrected chi connectivity index (χ2v) is 4.26. The van der Waals surface area contributed by atoms with Crippen LogP contribution in [-0.2, 0) is 0 Å². The Bertz CT molecular complexity index is 825. The summed E-state index contributed by atoms with van der Waals surface area (Å²) in [6, 6.07) is 5.71. The highest BCUT2D eigenvalue weighted by molar-refractivity contribution is 5.72. The minimum Gasteiger partial charge on any atom is -0.350 e. The molecule has 0 saturated heterocycles. The maximum atomic E-state index is 13.3. The molecule has 0 aromatic heterocycles. The quantitative estimate of drug-likeness (QED) is 0.657. The van der Waals surface area contributed by atoms with Crippen LogP contribution in [0.2, 0.25) is 0 Å². The number of hydrogen-bond donors (Lipinski definition) is 1. The zero-order valence-corrected chi connectivity index (χ0v) is 11.1. The minimum atomic E-state index is -1.06. The normalized spacial score (nSPS) is 10.1. The van der Waals surface area contributed by atoms with Crippen LogP contribution in [0.1, 0.15) is 0 Å². The average molecular weight is 322 g/mol. The summed E-state index contributed by atoms with van der Waals surface area (Å²) in [6.07, 6.45) is 0. The summed E-state index contributed by atoms with van der Waals surface area (Å²) in [5, 5.41) is 34.8. The summed E-state index contributed by atoms with van der Waals surface area (Å²) in [5.74, 6) is -1.06. The molecule has 2 aromatic carbocycles. The minimum absolute atomic E-state index is 0.0232. The van der Waals surface area contributed by atoms with Crippen molar-refractivity contribution >= 4 is 28.4 Å². The molecular weight excluding hydrogens is 315 g/mol. The molecule has 0 spiro atoms. The zero-order valence-electron chi connectivity index (χ0n) is 11.1. The van der Waals surface area contributed by atoms with E-state index in [0.717, 1.165) is 36.4 Å². The Morgan fingerprint density at radius 3 is 2.04 bits per heavy atom. The van der Waals surface area contributed by atoms with Crippen molar-refractivity contribution in [1.29, 1.82) is 0 Å². The lowest BCUT2D eigenvalue weighted by Gasteiger charge is -2.07. The molecule has 23 heavy (non-hydrogen) atoms. The molecule has 0 radical (unpaired) electrons. The van der Waals surface area contributed by atoms with Gasteiger partial charge in [-0.05, 0) is 18.2 Å². The highest BCUT2D eigenvalue weighted by atomic mass is 19.1. The van der Waals surface area contributed by atoms with E-state index in [1.807, 2.05) is 0 Å². The molecule has 0 fully saturated rings. The second kappa shape index (κ2) is 6.01. The van der Waals surface area contributed by atoms with Gasteiger partial charge in [0.1, 0.15) is 5.69 Å². The van der Waals surface area contributed by atoms with E-state index in [-0.39, 0.29) is 11.4 Å². The van der Waals surface area contributed by atoms with Crippen molar-refractivity contribution in [3.05, 3.63) is 72.6 Å². The number of hydrogen-bond acceptors (Lipinski definition) is 7. The molecule has 11 heteroatoms. The molecular formula is C12H7FN4O6. The molecule has 0 bridgehead atoms. The lowest BCUT2D eigenvalue weighted by atomic mass is 10.2. The number of nitrogens with zero attached hydrogens (tertiary/aromatic N) is 3. The largest absolute Gasteiger partial charge is 0.350 e. The zero-order chi connectivity index (χ0) is 17.1. The van der Waals surface area contributed by atoms with E-state index in [9.17, 15) is 34.7 Å². The van der Waals surface area contributed by atoms with Gasteiger partial charge in [-0.1, -0.05) is 0 Å². The molecule has 0 aliphatic heterocycles. The Kier molecular flexibility index (Phi) is 4.12. The SMILES string of the molecule is O=[N+]([O-])c1ccc(Nc2ccc(F)c([N+](=O)[O-])c2)c([N+](=O)[O-])c1. The van der Waals surface area contributed by atoms with E-state index in [2.05, 4.69) is 5.32 Å². The van der Waals surface area contributed by atoms with Gasteiger partial charge in [0, 0.05) is 17.8 Å². The third-order valence-electron chi connectivity index (χ3n) is 2.81. The number of halogens is 1. The first-order chi connectivity index (χ1) is 10.8.